The quantitative estimate of drug-likeness (QED) is 0.456. The summed E-state index contributed by atoms with van der Waals surface area (Å²) in [4.78, 5) is 10.7. The summed E-state index contributed by atoms with van der Waals surface area (Å²) >= 11 is 1.75. The summed E-state index contributed by atoms with van der Waals surface area (Å²) in [6.07, 6.45) is 3.44. The highest BCUT2D eigenvalue weighted by molar-refractivity contribution is 7.99. The van der Waals surface area contributed by atoms with Crippen LogP contribution < -0.4 is 5.32 Å². The van der Waals surface area contributed by atoms with Crippen LogP contribution in [0.1, 0.15) is 19.8 Å². The largest absolute Gasteiger partial charge is 0.480 e. The van der Waals surface area contributed by atoms with Crippen molar-refractivity contribution < 1.29 is 9.90 Å². The minimum Gasteiger partial charge on any atom is -0.480 e. The molecule has 82 valence electrons. The van der Waals surface area contributed by atoms with Crippen LogP contribution in [0.25, 0.3) is 0 Å². The second kappa shape index (κ2) is 9.09. The average molecular weight is 217 g/mol. The van der Waals surface area contributed by atoms with Gasteiger partial charge >= 0.3 is 5.97 Å². The van der Waals surface area contributed by atoms with Gasteiger partial charge in [0.2, 0.25) is 0 Å². The molecule has 0 heterocycles. The van der Waals surface area contributed by atoms with Crippen molar-refractivity contribution in [3.8, 4) is 0 Å². The van der Waals surface area contributed by atoms with E-state index in [9.17, 15) is 4.79 Å². The Balaban J connectivity index is 3.50. The molecule has 14 heavy (non-hydrogen) atoms. The molecule has 0 aliphatic heterocycles. The minimum atomic E-state index is -0.749. The van der Waals surface area contributed by atoms with Gasteiger partial charge in [-0.1, -0.05) is 19.4 Å². The minimum absolute atomic E-state index is 0.385. The SMILES string of the molecule is C=CCSCCNC(CCC)C(=O)O. The van der Waals surface area contributed by atoms with Gasteiger partial charge in [0.15, 0.2) is 0 Å². The molecule has 0 saturated heterocycles. The van der Waals surface area contributed by atoms with Crippen molar-refractivity contribution >= 4 is 17.7 Å². The van der Waals surface area contributed by atoms with E-state index in [4.69, 9.17) is 5.11 Å². The predicted molar refractivity (Wildman–Crippen MR) is 61.9 cm³/mol. The maximum atomic E-state index is 10.7. The Morgan fingerprint density at radius 2 is 2.43 bits per heavy atom. The first-order valence-electron chi connectivity index (χ1n) is 4.87. The Bertz CT molecular complexity index is 174. The molecule has 0 aromatic rings. The maximum Gasteiger partial charge on any atom is 0.320 e. The Morgan fingerprint density at radius 3 is 2.93 bits per heavy atom. The molecular formula is C10H19NO2S. The number of thioether (sulfide) groups is 1. The smallest absolute Gasteiger partial charge is 0.320 e. The molecule has 0 amide bonds. The zero-order valence-corrected chi connectivity index (χ0v) is 9.48. The molecule has 0 aliphatic carbocycles. The van der Waals surface area contributed by atoms with Crippen molar-refractivity contribution in [2.45, 2.75) is 25.8 Å². The van der Waals surface area contributed by atoms with Gasteiger partial charge in [-0.2, -0.15) is 11.8 Å². The number of carbonyl (C=O) groups is 1. The number of nitrogens with one attached hydrogen (secondary N) is 1. The van der Waals surface area contributed by atoms with E-state index in [1.54, 1.807) is 11.8 Å². The summed E-state index contributed by atoms with van der Waals surface area (Å²) in [7, 11) is 0. The molecule has 0 spiro atoms. The molecule has 0 rings (SSSR count). The number of carboxylic acid groups (broad SMARTS) is 1. The fourth-order valence-corrected chi connectivity index (χ4v) is 1.67. The van der Waals surface area contributed by atoms with Crippen molar-refractivity contribution in [2.75, 3.05) is 18.1 Å². The molecule has 0 bridgehead atoms. The highest BCUT2D eigenvalue weighted by atomic mass is 32.2. The van der Waals surface area contributed by atoms with Gasteiger partial charge in [-0.3, -0.25) is 4.79 Å². The average Bonchev–Trinajstić information content (AvgIpc) is 2.15. The molecule has 0 aliphatic rings. The lowest BCUT2D eigenvalue weighted by Gasteiger charge is -2.12. The van der Waals surface area contributed by atoms with Crippen LogP contribution in [-0.4, -0.2) is 35.2 Å². The van der Waals surface area contributed by atoms with Crippen LogP contribution >= 0.6 is 11.8 Å². The molecule has 0 radical (unpaired) electrons. The second-order valence-corrected chi connectivity index (χ2v) is 4.15. The summed E-state index contributed by atoms with van der Waals surface area (Å²) in [5.74, 6) is 1.10. The monoisotopic (exact) mass is 217 g/mol. The summed E-state index contributed by atoms with van der Waals surface area (Å²) in [6.45, 7) is 6.35. The molecule has 1 atom stereocenters. The highest BCUT2D eigenvalue weighted by Crippen LogP contribution is 2.00. The van der Waals surface area contributed by atoms with Gasteiger partial charge in [0.1, 0.15) is 6.04 Å². The molecule has 4 heteroatoms. The van der Waals surface area contributed by atoms with E-state index in [0.717, 1.165) is 24.5 Å². The lowest BCUT2D eigenvalue weighted by atomic mass is 10.2. The van der Waals surface area contributed by atoms with E-state index in [1.807, 2.05) is 13.0 Å². The first kappa shape index (κ1) is 13.5. The third kappa shape index (κ3) is 6.97. The molecule has 0 fully saturated rings. The number of aliphatic carboxylic acids is 1. The summed E-state index contributed by atoms with van der Waals surface area (Å²) < 4.78 is 0. The van der Waals surface area contributed by atoms with Crippen molar-refractivity contribution in [3.05, 3.63) is 12.7 Å². The van der Waals surface area contributed by atoms with Gasteiger partial charge in [0.05, 0.1) is 0 Å². The lowest BCUT2D eigenvalue weighted by Crippen LogP contribution is -2.37. The summed E-state index contributed by atoms with van der Waals surface area (Å²) in [6, 6.07) is -0.385. The van der Waals surface area contributed by atoms with Crippen LogP contribution in [0.3, 0.4) is 0 Å². The number of carboxylic acids is 1. The van der Waals surface area contributed by atoms with Gasteiger partial charge in [-0.05, 0) is 6.42 Å². The Hall–Kier alpha value is -0.480. The zero-order chi connectivity index (χ0) is 10.8. The third-order valence-electron chi connectivity index (χ3n) is 1.75. The van der Waals surface area contributed by atoms with Gasteiger partial charge in [-0.25, -0.2) is 0 Å². The number of hydrogen-bond donors (Lipinski definition) is 2. The molecule has 2 N–H and O–H groups in total. The highest BCUT2D eigenvalue weighted by Gasteiger charge is 2.14. The van der Waals surface area contributed by atoms with Crippen LogP contribution in [0, 0.1) is 0 Å². The van der Waals surface area contributed by atoms with Gasteiger partial charge in [-0.15, -0.1) is 6.58 Å². The molecule has 3 nitrogen and oxygen atoms in total. The van der Waals surface area contributed by atoms with Crippen molar-refractivity contribution in [1.29, 1.82) is 0 Å². The fraction of sp³-hybridized carbons (Fsp3) is 0.700. The lowest BCUT2D eigenvalue weighted by molar-refractivity contribution is -0.139. The van der Waals surface area contributed by atoms with Crippen LogP contribution in [0.4, 0.5) is 0 Å². The molecule has 0 saturated carbocycles. The van der Waals surface area contributed by atoms with E-state index >= 15 is 0 Å². The first-order chi connectivity index (χ1) is 6.72. The van der Waals surface area contributed by atoms with Crippen molar-refractivity contribution in [3.63, 3.8) is 0 Å². The van der Waals surface area contributed by atoms with Crippen LogP contribution in [0.5, 0.6) is 0 Å². The molecular weight excluding hydrogens is 198 g/mol. The first-order valence-corrected chi connectivity index (χ1v) is 6.02. The predicted octanol–water partition coefficient (Wildman–Crippen LogP) is 1.75. The maximum absolute atomic E-state index is 10.7. The third-order valence-corrected chi connectivity index (χ3v) is 2.71. The van der Waals surface area contributed by atoms with Gasteiger partial charge in [0, 0.05) is 18.1 Å². The van der Waals surface area contributed by atoms with Gasteiger partial charge < -0.3 is 10.4 Å². The Labute approximate surface area is 90.0 Å². The summed E-state index contributed by atoms with van der Waals surface area (Å²) in [5, 5.41) is 11.8. The Kier molecular flexibility index (Phi) is 8.78. The Morgan fingerprint density at radius 1 is 1.71 bits per heavy atom. The normalized spacial score (nSPS) is 12.4. The summed E-state index contributed by atoms with van der Waals surface area (Å²) in [5.41, 5.74) is 0. The molecule has 0 aromatic heterocycles. The fourth-order valence-electron chi connectivity index (χ4n) is 1.07. The number of rotatable bonds is 9. The van der Waals surface area contributed by atoms with E-state index in [0.29, 0.717) is 6.42 Å². The van der Waals surface area contributed by atoms with E-state index < -0.39 is 5.97 Å². The van der Waals surface area contributed by atoms with Crippen LogP contribution in [-0.2, 0) is 4.79 Å². The van der Waals surface area contributed by atoms with E-state index in [1.165, 1.54) is 0 Å². The van der Waals surface area contributed by atoms with Crippen molar-refractivity contribution in [1.82, 2.24) is 5.32 Å². The topological polar surface area (TPSA) is 49.3 Å². The standard InChI is InChI=1S/C10H19NO2S/c1-3-5-9(10(12)13)11-6-8-14-7-4-2/h4,9,11H,2-3,5-8H2,1H3,(H,12,13). The molecule has 0 aromatic carbocycles. The van der Waals surface area contributed by atoms with E-state index in [2.05, 4.69) is 11.9 Å². The van der Waals surface area contributed by atoms with Crippen molar-refractivity contribution in [2.24, 2.45) is 0 Å². The van der Waals surface area contributed by atoms with Crippen LogP contribution in [0.15, 0.2) is 12.7 Å². The molecule has 1 unspecified atom stereocenters. The van der Waals surface area contributed by atoms with Gasteiger partial charge in [0.25, 0.3) is 0 Å². The van der Waals surface area contributed by atoms with E-state index in [-0.39, 0.29) is 6.04 Å². The van der Waals surface area contributed by atoms with Crippen LogP contribution in [0.2, 0.25) is 0 Å². The second-order valence-electron chi connectivity index (χ2n) is 3.00. The number of hydrogen-bond acceptors (Lipinski definition) is 3. The zero-order valence-electron chi connectivity index (χ0n) is 8.66.